The first-order chi connectivity index (χ1) is 5.72. The number of halogens is 3. The van der Waals surface area contributed by atoms with Crippen LogP contribution in [0, 0.1) is 0 Å². The second-order valence-corrected chi connectivity index (χ2v) is 4.78. The average Bonchev–Trinajstić information content (AvgIpc) is 2.67. The first kappa shape index (κ1) is 10.8. The number of rotatable bonds is 3. The van der Waals surface area contributed by atoms with Crippen LogP contribution in [0.4, 0.5) is 13.2 Å². The number of alkyl halides is 3. The van der Waals surface area contributed by atoms with E-state index >= 15 is 0 Å². The summed E-state index contributed by atoms with van der Waals surface area (Å²) < 4.78 is 62.2. The lowest BCUT2D eigenvalue weighted by atomic mass is 10.3. The molecular formula is C6H9F3O3S. The maximum Gasteiger partial charge on any atom is 0.418 e. The summed E-state index contributed by atoms with van der Waals surface area (Å²) in [6, 6.07) is 0. The van der Waals surface area contributed by atoms with E-state index < -0.39 is 27.6 Å². The van der Waals surface area contributed by atoms with E-state index in [4.69, 9.17) is 0 Å². The smallest absolute Gasteiger partial charge is 0.254 e. The highest BCUT2D eigenvalue weighted by Gasteiger charge is 2.67. The van der Waals surface area contributed by atoms with Crippen LogP contribution >= 0.6 is 0 Å². The fraction of sp³-hybridized carbons (Fsp3) is 1.00. The minimum Gasteiger partial charge on any atom is -0.254 e. The van der Waals surface area contributed by atoms with E-state index in [1.807, 2.05) is 0 Å². The van der Waals surface area contributed by atoms with Gasteiger partial charge in [-0.15, -0.1) is 0 Å². The summed E-state index contributed by atoms with van der Waals surface area (Å²) in [4.78, 5) is 0. The molecule has 3 nitrogen and oxygen atoms in total. The van der Waals surface area contributed by atoms with Crippen molar-refractivity contribution in [2.45, 2.75) is 31.5 Å². The lowest BCUT2D eigenvalue weighted by molar-refractivity contribution is -0.207. The molecule has 0 aromatic carbocycles. The van der Waals surface area contributed by atoms with E-state index in [1.54, 1.807) is 0 Å². The molecule has 1 saturated carbocycles. The fourth-order valence-electron chi connectivity index (χ4n) is 0.830. The van der Waals surface area contributed by atoms with Crippen LogP contribution in [0.3, 0.4) is 0 Å². The Morgan fingerprint density at radius 2 is 1.85 bits per heavy atom. The SMILES string of the molecule is CCS(=O)(=O)OC1(C(F)(F)F)CC1. The fourth-order valence-corrected chi connectivity index (χ4v) is 1.69. The normalized spacial score (nSPS) is 21.5. The van der Waals surface area contributed by atoms with E-state index in [9.17, 15) is 21.6 Å². The molecule has 0 aromatic rings. The van der Waals surface area contributed by atoms with Crippen LogP contribution in [0.5, 0.6) is 0 Å². The standard InChI is InChI=1S/C6H9F3O3S/c1-2-13(10,11)12-5(3-4-5)6(7,8)9/h2-4H2,1H3. The summed E-state index contributed by atoms with van der Waals surface area (Å²) in [5.41, 5.74) is -2.41. The van der Waals surface area contributed by atoms with Gasteiger partial charge in [0.25, 0.3) is 10.1 Å². The molecule has 1 aliphatic rings. The van der Waals surface area contributed by atoms with Gasteiger partial charge < -0.3 is 0 Å². The molecule has 0 atom stereocenters. The highest BCUT2D eigenvalue weighted by Crippen LogP contribution is 2.52. The van der Waals surface area contributed by atoms with Crippen molar-refractivity contribution < 1.29 is 25.8 Å². The average molecular weight is 218 g/mol. The molecular weight excluding hydrogens is 209 g/mol. The minimum absolute atomic E-state index is 0.268. The first-order valence-corrected chi connectivity index (χ1v) is 5.30. The molecule has 1 aliphatic carbocycles. The van der Waals surface area contributed by atoms with Crippen molar-refractivity contribution in [2.24, 2.45) is 0 Å². The Balaban J connectivity index is 2.76. The van der Waals surface area contributed by atoms with E-state index in [0.29, 0.717) is 0 Å². The zero-order chi connectivity index (χ0) is 10.3. The Bertz CT molecular complexity index is 289. The zero-order valence-electron chi connectivity index (χ0n) is 6.89. The Labute approximate surface area is 74.0 Å². The van der Waals surface area contributed by atoms with Gasteiger partial charge in [-0.25, -0.2) is 0 Å². The maximum atomic E-state index is 12.2. The highest BCUT2D eigenvalue weighted by atomic mass is 32.2. The number of hydrogen-bond donors (Lipinski definition) is 0. The molecule has 0 aromatic heterocycles. The van der Waals surface area contributed by atoms with Crippen molar-refractivity contribution in [3.8, 4) is 0 Å². The third-order valence-electron chi connectivity index (χ3n) is 1.86. The third kappa shape index (κ3) is 2.14. The van der Waals surface area contributed by atoms with Crippen LogP contribution in [0.25, 0.3) is 0 Å². The third-order valence-corrected chi connectivity index (χ3v) is 3.14. The molecule has 13 heavy (non-hydrogen) atoms. The monoisotopic (exact) mass is 218 g/mol. The van der Waals surface area contributed by atoms with Crippen LogP contribution in [-0.2, 0) is 14.3 Å². The van der Waals surface area contributed by atoms with Crippen LogP contribution in [0.15, 0.2) is 0 Å². The number of hydrogen-bond acceptors (Lipinski definition) is 3. The van der Waals surface area contributed by atoms with Crippen molar-refractivity contribution in [1.29, 1.82) is 0 Å². The summed E-state index contributed by atoms with van der Waals surface area (Å²) in [5, 5.41) is 0. The summed E-state index contributed by atoms with van der Waals surface area (Å²) in [7, 11) is -4.02. The molecule has 0 amide bonds. The second kappa shape index (κ2) is 2.84. The Morgan fingerprint density at radius 3 is 2.08 bits per heavy atom. The molecule has 0 radical (unpaired) electrons. The van der Waals surface area contributed by atoms with E-state index in [1.165, 1.54) is 6.92 Å². The molecule has 78 valence electrons. The summed E-state index contributed by atoms with van der Waals surface area (Å²) >= 11 is 0. The quantitative estimate of drug-likeness (QED) is 0.673. The topological polar surface area (TPSA) is 43.4 Å². The molecule has 0 saturated heterocycles. The summed E-state index contributed by atoms with van der Waals surface area (Å²) in [6.07, 6.45) is -5.12. The summed E-state index contributed by atoms with van der Waals surface area (Å²) in [5.74, 6) is -0.440. The molecule has 0 heterocycles. The van der Waals surface area contributed by atoms with Crippen molar-refractivity contribution in [3.05, 3.63) is 0 Å². The van der Waals surface area contributed by atoms with Crippen LogP contribution in [0.2, 0.25) is 0 Å². The van der Waals surface area contributed by atoms with Gasteiger partial charge in [0, 0.05) is 0 Å². The summed E-state index contributed by atoms with van der Waals surface area (Å²) in [6.45, 7) is 1.24. The van der Waals surface area contributed by atoms with E-state index in [2.05, 4.69) is 4.18 Å². The lowest BCUT2D eigenvalue weighted by Crippen LogP contribution is -2.36. The molecule has 0 N–H and O–H groups in total. The Kier molecular flexibility index (Phi) is 2.36. The maximum absolute atomic E-state index is 12.2. The van der Waals surface area contributed by atoms with Gasteiger partial charge in [-0.3, -0.25) is 4.18 Å². The van der Waals surface area contributed by atoms with Gasteiger partial charge >= 0.3 is 6.18 Å². The second-order valence-electron chi connectivity index (χ2n) is 2.92. The van der Waals surface area contributed by atoms with E-state index in [0.717, 1.165) is 0 Å². The molecule has 7 heteroatoms. The molecule has 0 unspecified atom stereocenters. The van der Waals surface area contributed by atoms with Gasteiger partial charge in [0.05, 0.1) is 5.75 Å². The molecule has 0 aliphatic heterocycles. The largest absolute Gasteiger partial charge is 0.418 e. The van der Waals surface area contributed by atoms with E-state index in [-0.39, 0.29) is 12.8 Å². The highest BCUT2D eigenvalue weighted by molar-refractivity contribution is 7.86. The molecule has 1 rings (SSSR count). The predicted octanol–water partition coefficient (Wildman–Crippen LogP) is 1.45. The molecule has 1 fully saturated rings. The van der Waals surface area contributed by atoms with Crippen molar-refractivity contribution in [1.82, 2.24) is 0 Å². The van der Waals surface area contributed by atoms with Crippen molar-refractivity contribution in [2.75, 3.05) is 5.75 Å². The predicted molar refractivity (Wildman–Crippen MR) is 38.6 cm³/mol. The van der Waals surface area contributed by atoms with Crippen molar-refractivity contribution in [3.63, 3.8) is 0 Å². The Hall–Kier alpha value is -0.300. The van der Waals surface area contributed by atoms with Crippen LogP contribution < -0.4 is 0 Å². The first-order valence-electron chi connectivity index (χ1n) is 3.72. The van der Waals surface area contributed by atoms with Gasteiger partial charge in [0.1, 0.15) is 0 Å². The van der Waals surface area contributed by atoms with Gasteiger partial charge in [-0.05, 0) is 19.8 Å². The van der Waals surface area contributed by atoms with Crippen LogP contribution in [-0.4, -0.2) is 25.9 Å². The van der Waals surface area contributed by atoms with Gasteiger partial charge in [-0.2, -0.15) is 21.6 Å². The minimum atomic E-state index is -4.59. The van der Waals surface area contributed by atoms with Crippen molar-refractivity contribution >= 4 is 10.1 Å². The molecule has 0 spiro atoms. The van der Waals surface area contributed by atoms with Crippen LogP contribution in [0.1, 0.15) is 19.8 Å². The zero-order valence-corrected chi connectivity index (χ0v) is 7.70. The van der Waals surface area contributed by atoms with Gasteiger partial charge in [0.15, 0.2) is 5.60 Å². The molecule has 0 bridgehead atoms. The lowest BCUT2D eigenvalue weighted by Gasteiger charge is -2.18. The Morgan fingerprint density at radius 1 is 1.38 bits per heavy atom. The van der Waals surface area contributed by atoms with Gasteiger partial charge in [-0.1, -0.05) is 0 Å². The van der Waals surface area contributed by atoms with Gasteiger partial charge in [0.2, 0.25) is 0 Å².